The Labute approximate surface area is 156 Å². The Balaban J connectivity index is 2.08. The highest BCUT2D eigenvalue weighted by Gasteiger charge is 2.16. The molecule has 0 radical (unpaired) electrons. The lowest BCUT2D eigenvalue weighted by Crippen LogP contribution is -2.01. The molecule has 3 aromatic carbocycles. The second-order valence-electron chi connectivity index (χ2n) is 7.39. The standard InChI is InChI=1S/C25H25N/c1-17(2)23-14-22(15-24(18(3)4)25(23)16-26)21-12-10-20(11-13-21)19-8-6-5-7-9-19/h5-15,17-18H,1-4H3. The molecule has 0 amide bonds. The molecule has 0 saturated heterocycles. The van der Waals surface area contributed by atoms with Crippen molar-refractivity contribution in [2.24, 2.45) is 0 Å². The highest BCUT2D eigenvalue weighted by molar-refractivity contribution is 5.72. The molecule has 0 saturated carbocycles. The van der Waals surface area contributed by atoms with Gasteiger partial charge in [-0.2, -0.15) is 5.26 Å². The number of hydrogen-bond acceptors (Lipinski definition) is 1. The van der Waals surface area contributed by atoms with Crippen LogP contribution in [-0.4, -0.2) is 0 Å². The van der Waals surface area contributed by atoms with Gasteiger partial charge in [-0.15, -0.1) is 0 Å². The number of hydrogen-bond donors (Lipinski definition) is 0. The van der Waals surface area contributed by atoms with Crippen LogP contribution < -0.4 is 0 Å². The molecule has 0 N–H and O–H groups in total. The van der Waals surface area contributed by atoms with Gasteiger partial charge in [0, 0.05) is 0 Å². The van der Waals surface area contributed by atoms with Crippen molar-refractivity contribution < 1.29 is 0 Å². The summed E-state index contributed by atoms with van der Waals surface area (Å²) in [6, 6.07) is 25.9. The molecule has 0 heterocycles. The largest absolute Gasteiger partial charge is 0.192 e. The fraction of sp³-hybridized carbons (Fsp3) is 0.240. The first-order valence-corrected chi connectivity index (χ1v) is 9.25. The summed E-state index contributed by atoms with van der Waals surface area (Å²) in [5, 5.41) is 9.67. The van der Waals surface area contributed by atoms with E-state index in [4.69, 9.17) is 0 Å². The van der Waals surface area contributed by atoms with E-state index in [1.54, 1.807) is 0 Å². The van der Waals surface area contributed by atoms with Gasteiger partial charge in [-0.05, 0) is 57.3 Å². The van der Waals surface area contributed by atoms with Crippen LogP contribution >= 0.6 is 0 Å². The Morgan fingerprint density at radius 3 is 1.46 bits per heavy atom. The Kier molecular flexibility index (Phi) is 5.24. The number of nitriles is 1. The van der Waals surface area contributed by atoms with E-state index in [0.717, 1.165) is 16.7 Å². The summed E-state index contributed by atoms with van der Waals surface area (Å²) >= 11 is 0. The van der Waals surface area contributed by atoms with Crippen LogP contribution in [0.25, 0.3) is 22.3 Å². The van der Waals surface area contributed by atoms with Gasteiger partial charge in [0.25, 0.3) is 0 Å². The third-order valence-electron chi connectivity index (χ3n) is 4.88. The molecular weight excluding hydrogens is 314 g/mol. The Morgan fingerprint density at radius 2 is 1.04 bits per heavy atom. The maximum absolute atomic E-state index is 9.67. The van der Waals surface area contributed by atoms with Gasteiger partial charge in [0.15, 0.2) is 0 Å². The molecule has 1 nitrogen and oxygen atoms in total. The van der Waals surface area contributed by atoms with Gasteiger partial charge >= 0.3 is 0 Å². The maximum Gasteiger partial charge on any atom is 0.0997 e. The Hall–Kier alpha value is -2.85. The van der Waals surface area contributed by atoms with Crippen LogP contribution in [0.4, 0.5) is 0 Å². The monoisotopic (exact) mass is 339 g/mol. The summed E-state index contributed by atoms with van der Waals surface area (Å²) < 4.78 is 0. The molecule has 0 aliphatic rings. The Morgan fingerprint density at radius 1 is 0.615 bits per heavy atom. The molecule has 3 aromatic rings. The molecule has 0 fully saturated rings. The van der Waals surface area contributed by atoms with Crippen LogP contribution in [0.1, 0.15) is 56.2 Å². The third-order valence-corrected chi connectivity index (χ3v) is 4.88. The van der Waals surface area contributed by atoms with Gasteiger partial charge in [-0.25, -0.2) is 0 Å². The SMILES string of the molecule is CC(C)c1cc(-c2ccc(-c3ccccc3)cc2)cc(C(C)C)c1C#N. The molecule has 26 heavy (non-hydrogen) atoms. The van der Waals surface area contributed by atoms with Gasteiger partial charge in [0.2, 0.25) is 0 Å². The lowest BCUT2D eigenvalue weighted by molar-refractivity contribution is 0.827. The minimum atomic E-state index is 0.325. The van der Waals surface area contributed by atoms with Gasteiger partial charge in [0.1, 0.15) is 0 Å². The van der Waals surface area contributed by atoms with Crippen molar-refractivity contribution in [1.29, 1.82) is 5.26 Å². The first kappa shape index (κ1) is 18.0. The second kappa shape index (κ2) is 7.58. The summed E-state index contributed by atoms with van der Waals surface area (Å²) in [4.78, 5) is 0. The van der Waals surface area contributed by atoms with Crippen molar-refractivity contribution in [1.82, 2.24) is 0 Å². The quantitative estimate of drug-likeness (QED) is 0.495. The van der Waals surface area contributed by atoms with Gasteiger partial charge in [-0.1, -0.05) is 82.3 Å². The van der Waals surface area contributed by atoms with Crippen LogP contribution in [0.15, 0.2) is 66.7 Å². The highest BCUT2D eigenvalue weighted by Crippen LogP contribution is 2.34. The van der Waals surface area contributed by atoms with Crippen LogP contribution in [0, 0.1) is 11.3 Å². The lowest BCUT2D eigenvalue weighted by Gasteiger charge is -2.18. The van der Waals surface area contributed by atoms with Crippen LogP contribution in [0.3, 0.4) is 0 Å². The van der Waals surface area contributed by atoms with Crippen molar-refractivity contribution >= 4 is 0 Å². The third kappa shape index (κ3) is 3.55. The lowest BCUT2D eigenvalue weighted by atomic mass is 9.85. The van der Waals surface area contributed by atoms with Crippen molar-refractivity contribution in [3.63, 3.8) is 0 Å². The topological polar surface area (TPSA) is 23.8 Å². The smallest absolute Gasteiger partial charge is 0.0997 e. The first-order chi connectivity index (χ1) is 12.5. The van der Waals surface area contributed by atoms with E-state index in [2.05, 4.69) is 94.4 Å². The zero-order valence-electron chi connectivity index (χ0n) is 16.0. The summed E-state index contributed by atoms with van der Waals surface area (Å²) in [6.45, 7) is 8.62. The van der Waals surface area contributed by atoms with E-state index in [1.165, 1.54) is 22.3 Å². The first-order valence-electron chi connectivity index (χ1n) is 9.25. The van der Waals surface area contributed by atoms with Crippen LogP contribution in [0.2, 0.25) is 0 Å². The number of rotatable bonds is 4. The predicted molar refractivity (Wildman–Crippen MR) is 110 cm³/mol. The molecule has 1 heteroatoms. The van der Waals surface area contributed by atoms with Crippen molar-refractivity contribution in [2.45, 2.75) is 39.5 Å². The van der Waals surface area contributed by atoms with E-state index in [0.29, 0.717) is 11.8 Å². The molecule has 0 atom stereocenters. The molecule has 0 aliphatic heterocycles. The van der Waals surface area contributed by atoms with E-state index in [1.807, 2.05) is 6.07 Å². The Bertz CT molecular complexity index is 897. The van der Waals surface area contributed by atoms with Gasteiger partial charge in [0.05, 0.1) is 11.6 Å². The van der Waals surface area contributed by atoms with E-state index >= 15 is 0 Å². The van der Waals surface area contributed by atoms with Gasteiger partial charge < -0.3 is 0 Å². The van der Waals surface area contributed by atoms with Gasteiger partial charge in [-0.3, -0.25) is 0 Å². The molecule has 130 valence electrons. The molecule has 0 spiro atoms. The normalized spacial score (nSPS) is 11.0. The van der Waals surface area contributed by atoms with E-state index < -0.39 is 0 Å². The molecule has 0 aromatic heterocycles. The zero-order chi connectivity index (χ0) is 18.7. The highest BCUT2D eigenvalue weighted by atomic mass is 14.3. The summed E-state index contributed by atoms with van der Waals surface area (Å²) in [5.74, 6) is 0.649. The van der Waals surface area contributed by atoms with E-state index in [9.17, 15) is 5.26 Å². The minimum absolute atomic E-state index is 0.325. The minimum Gasteiger partial charge on any atom is -0.192 e. The fourth-order valence-electron chi connectivity index (χ4n) is 3.38. The molecular formula is C25H25N. The molecule has 0 bridgehead atoms. The summed E-state index contributed by atoms with van der Waals surface area (Å²) in [7, 11) is 0. The molecule has 0 unspecified atom stereocenters. The average molecular weight is 339 g/mol. The average Bonchev–Trinajstić information content (AvgIpc) is 2.67. The zero-order valence-corrected chi connectivity index (χ0v) is 16.0. The van der Waals surface area contributed by atoms with Crippen molar-refractivity contribution in [3.8, 4) is 28.3 Å². The fourth-order valence-corrected chi connectivity index (χ4v) is 3.38. The van der Waals surface area contributed by atoms with Crippen LogP contribution in [0.5, 0.6) is 0 Å². The molecule has 0 aliphatic carbocycles. The van der Waals surface area contributed by atoms with E-state index in [-0.39, 0.29) is 0 Å². The summed E-state index contributed by atoms with van der Waals surface area (Å²) in [6.07, 6.45) is 0. The predicted octanol–water partition coefficient (Wildman–Crippen LogP) is 7.14. The van der Waals surface area contributed by atoms with Crippen molar-refractivity contribution in [2.75, 3.05) is 0 Å². The number of benzene rings is 3. The maximum atomic E-state index is 9.67. The molecule has 3 rings (SSSR count). The van der Waals surface area contributed by atoms with Crippen LogP contribution in [-0.2, 0) is 0 Å². The second-order valence-corrected chi connectivity index (χ2v) is 7.39. The number of nitrogens with zero attached hydrogens (tertiary/aromatic N) is 1. The summed E-state index contributed by atoms with van der Waals surface area (Å²) in [5.41, 5.74) is 7.95. The van der Waals surface area contributed by atoms with Crippen molar-refractivity contribution in [3.05, 3.63) is 83.4 Å².